The number of hydrogen-bond acceptors (Lipinski definition) is 1. The fourth-order valence-electron chi connectivity index (χ4n) is 1.27. The van der Waals surface area contributed by atoms with Crippen LogP contribution in [0.4, 0.5) is 0 Å². The second-order valence-electron chi connectivity index (χ2n) is 3.45. The lowest BCUT2D eigenvalue weighted by Crippen LogP contribution is -1.96. The molecule has 82 valence electrons. The van der Waals surface area contributed by atoms with Crippen molar-refractivity contribution < 1.29 is 4.79 Å². The summed E-state index contributed by atoms with van der Waals surface area (Å²) < 4.78 is 0. The molecule has 0 N–H and O–H groups in total. The summed E-state index contributed by atoms with van der Waals surface area (Å²) in [6.07, 6.45) is 16.7. The number of Topliss-reactive ketones (excluding diaryl/α,β-unsaturated/α-hetero) is 1. The normalized spacial score (nSPS) is 8.86. The van der Waals surface area contributed by atoms with Crippen molar-refractivity contribution in [3.8, 4) is 12.8 Å². The number of rotatable bonds is 8. The van der Waals surface area contributed by atoms with Crippen LogP contribution in [0.3, 0.4) is 0 Å². The van der Waals surface area contributed by atoms with E-state index in [4.69, 9.17) is 0 Å². The van der Waals surface area contributed by atoms with E-state index in [9.17, 15) is 4.79 Å². The van der Waals surface area contributed by atoms with Gasteiger partial charge in [0.2, 0.25) is 0 Å². The van der Waals surface area contributed by atoms with Crippen LogP contribution in [0.1, 0.15) is 65.2 Å². The first kappa shape index (κ1) is 15.7. The molecule has 0 aliphatic rings. The van der Waals surface area contributed by atoms with Gasteiger partial charge in [-0.1, -0.05) is 39.5 Å². The summed E-state index contributed by atoms with van der Waals surface area (Å²) >= 11 is 0. The van der Waals surface area contributed by atoms with E-state index in [0.29, 0.717) is 5.78 Å². The SMILES string of the molecule is C#C.CCCCCC(=O)CCCCC. The minimum atomic E-state index is 0.469. The van der Waals surface area contributed by atoms with Crippen molar-refractivity contribution in [3.05, 3.63) is 0 Å². The number of ketones is 1. The molecule has 0 rings (SSSR count). The second-order valence-corrected chi connectivity index (χ2v) is 3.45. The van der Waals surface area contributed by atoms with Crippen LogP contribution in [0.15, 0.2) is 0 Å². The van der Waals surface area contributed by atoms with Gasteiger partial charge in [0.15, 0.2) is 0 Å². The molecule has 1 heteroatoms. The predicted molar refractivity (Wildman–Crippen MR) is 63.2 cm³/mol. The van der Waals surface area contributed by atoms with Crippen LogP contribution in [-0.2, 0) is 4.79 Å². The molecule has 0 aliphatic heterocycles. The molecule has 0 amide bonds. The Morgan fingerprint density at radius 3 is 1.50 bits per heavy atom. The Balaban J connectivity index is 0. The fourth-order valence-corrected chi connectivity index (χ4v) is 1.27. The number of terminal acetylenes is 1. The molecule has 0 atom stereocenters. The van der Waals surface area contributed by atoms with Crippen molar-refractivity contribution in [2.75, 3.05) is 0 Å². The Morgan fingerprint density at radius 1 is 0.857 bits per heavy atom. The van der Waals surface area contributed by atoms with Crippen LogP contribution < -0.4 is 0 Å². The van der Waals surface area contributed by atoms with Gasteiger partial charge in [-0.15, -0.1) is 12.8 Å². The van der Waals surface area contributed by atoms with E-state index in [1.54, 1.807) is 0 Å². The first-order valence-electron chi connectivity index (χ1n) is 5.66. The van der Waals surface area contributed by atoms with Crippen molar-refractivity contribution in [2.24, 2.45) is 0 Å². The maximum absolute atomic E-state index is 11.2. The van der Waals surface area contributed by atoms with Gasteiger partial charge in [0.25, 0.3) is 0 Å². The van der Waals surface area contributed by atoms with Crippen LogP contribution in [0.5, 0.6) is 0 Å². The molecular weight excluding hydrogens is 172 g/mol. The highest BCUT2D eigenvalue weighted by atomic mass is 16.1. The third kappa shape index (κ3) is 13.8. The number of hydrogen-bond donors (Lipinski definition) is 0. The number of carbonyl (C=O) groups excluding carboxylic acids is 1. The van der Waals surface area contributed by atoms with Crippen molar-refractivity contribution in [2.45, 2.75) is 65.2 Å². The van der Waals surface area contributed by atoms with E-state index in [1.165, 1.54) is 25.7 Å². The summed E-state index contributed by atoms with van der Waals surface area (Å²) in [5.41, 5.74) is 0. The number of unbranched alkanes of at least 4 members (excludes halogenated alkanes) is 4. The van der Waals surface area contributed by atoms with Gasteiger partial charge in [-0.2, -0.15) is 0 Å². The summed E-state index contributed by atoms with van der Waals surface area (Å²) in [5, 5.41) is 0. The Hall–Kier alpha value is -0.770. The zero-order valence-corrected chi connectivity index (χ0v) is 9.72. The standard InChI is InChI=1S/C11H22O.C2H2/c1-3-5-7-9-11(12)10-8-6-4-2;1-2/h3-10H2,1-2H3;1-2H. The van der Waals surface area contributed by atoms with Gasteiger partial charge in [0.1, 0.15) is 5.78 Å². The first-order valence-corrected chi connectivity index (χ1v) is 5.66. The van der Waals surface area contributed by atoms with Gasteiger partial charge in [-0.05, 0) is 12.8 Å². The van der Waals surface area contributed by atoms with Crippen molar-refractivity contribution in [1.82, 2.24) is 0 Å². The highest BCUT2D eigenvalue weighted by Gasteiger charge is 1.99. The lowest BCUT2D eigenvalue weighted by atomic mass is 10.1. The molecule has 0 aromatic carbocycles. The zero-order chi connectivity index (χ0) is 11.2. The Labute approximate surface area is 89.3 Å². The van der Waals surface area contributed by atoms with Gasteiger partial charge >= 0.3 is 0 Å². The summed E-state index contributed by atoms with van der Waals surface area (Å²) in [5.74, 6) is 0.469. The maximum atomic E-state index is 11.2. The summed E-state index contributed by atoms with van der Waals surface area (Å²) in [6, 6.07) is 0. The molecule has 0 radical (unpaired) electrons. The van der Waals surface area contributed by atoms with E-state index in [1.807, 2.05) is 0 Å². The molecule has 1 nitrogen and oxygen atoms in total. The van der Waals surface area contributed by atoms with E-state index >= 15 is 0 Å². The minimum Gasteiger partial charge on any atom is -0.300 e. The lowest BCUT2D eigenvalue weighted by molar-refractivity contribution is -0.119. The molecule has 0 saturated heterocycles. The highest BCUT2D eigenvalue weighted by Crippen LogP contribution is 2.05. The molecule has 0 heterocycles. The lowest BCUT2D eigenvalue weighted by Gasteiger charge is -1.98. The summed E-state index contributed by atoms with van der Waals surface area (Å²) in [7, 11) is 0. The molecule has 0 bridgehead atoms. The fraction of sp³-hybridized carbons (Fsp3) is 0.769. The van der Waals surface area contributed by atoms with Gasteiger partial charge in [0, 0.05) is 12.8 Å². The maximum Gasteiger partial charge on any atom is 0.132 e. The molecule has 0 aliphatic carbocycles. The zero-order valence-electron chi connectivity index (χ0n) is 9.72. The first-order chi connectivity index (χ1) is 6.81. The smallest absolute Gasteiger partial charge is 0.132 e. The molecular formula is C13H24O. The van der Waals surface area contributed by atoms with Gasteiger partial charge < -0.3 is 0 Å². The van der Waals surface area contributed by atoms with Crippen LogP contribution in [-0.4, -0.2) is 5.78 Å². The summed E-state index contributed by atoms with van der Waals surface area (Å²) in [4.78, 5) is 11.2. The average Bonchev–Trinajstić information content (AvgIpc) is 2.22. The minimum absolute atomic E-state index is 0.469. The average molecular weight is 196 g/mol. The largest absolute Gasteiger partial charge is 0.300 e. The molecule has 0 aromatic rings. The topological polar surface area (TPSA) is 17.1 Å². The molecule has 0 unspecified atom stereocenters. The molecule has 14 heavy (non-hydrogen) atoms. The predicted octanol–water partition coefficient (Wildman–Crippen LogP) is 3.97. The van der Waals surface area contributed by atoms with Crippen molar-refractivity contribution >= 4 is 5.78 Å². The van der Waals surface area contributed by atoms with Crippen LogP contribution in [0, 0.1) is 12.8 Å². The Kier molecular flexibility index (Phi) is 16.5. The van der Waals surface area contributed by atoms with Gasteiger partial charge in [0.05, 0.1) is 0 Å². The molecule has 0 spiro atoms. The van der Waals surface area contributed by atoms with Gasteiger partial charge in [-0.25, -0.2) is 0 Å². The summed E-state index contributed by atoms with van der Waals surface area (Å²) in [6.45, 7) is 4.34. The van der Waals surface area contributed by atoms with Crippen LogP contribution in [0.2, 0.25) is 0 Å². The Morgan fingerprint density at radius 2 is 1.21 bits per heavy atom. The van der Waals surface area contributed by atoms with Crippen LogP contribution >= 0.6 is 0 Å². The molecule has 0 saturated carbocycles. The van der Waals surface area contributed by atoms with Crippen LogP contribution in [0.25, 0.3) is 0 Å². The van der Waals surface area contributed by atoms with Crippen molar-refractivity contribution in [1.29, 1.82) is 0 Å². The van der Waals surface area contributed by atoms with E-state index in [-0.39, 0.29) is 0 Å². The monoisotopic (exact) mass is 196 g/mol. The van der Waals surface area contributed by atoms with E-state index in [0.717, 1.165) is 25.7 Å². The third-order valence-corrected chi connectivity index (χ3v) is 2.12. The highest BCUT2D eigenvalue weighted by molar-refractivity contribution is 5.78. The number of carbonyl (C=O) groups is 1. The van der Waals surface area contributed by atoms with Gasteiger partial charge in [-0.3, -0.25) is 4.79 Å². The third-order valence-electron chi connectivity index (χ3n) is 2.12. The van der Waals surface area contributed by atoms with E-state index in [2.05, 4.69) is 26.7 Å². The quantitative estimate of drug-likeness (QED) is 0.424. The molecule has 0 aromatic heterocycles. The molecule has 0 fully saturated rings. The van der Waals surface area contributed by atoms with E-state index < -0.39 is 0 Å². The van der Waals surface area contributed by atoms with Crippen molar-refractivity contribution in [3.63, 3.8) is 0 Å². The second kappa shape index (κ2) is 14.7. The Bertz CT molecular complexity index is 123.